The monoisotopic (exact) mass is 224 g/mol. The van der Waals surface area contributed by atoms with Crippen LogP contribution < -0.4 is 5.56 Å². The highest BCUT2D eigenvalue weighted by Crippen LogP contribution is 2.20. The first-order valence-electron chi connectivity index (χ1n) is 4.97. The van der Waals surface area contributed by atoms with Crippen molar-refractivity contribution in [3.05, 3.63) is 27.9 Å². The number of aromatic amines is 1. The van der Waals surface area contributed by atoms with Crippen molar-refractivity contribution in [1.82, 2.24) is 9.97 Å². The van der Waals surface area contributed by atoms with Crippen LogP contribution in [0, 0.1) is 0 Å². The molecule has 86 valence electrons. The minimum absolute atomic E-state index is 0.0786. The number of nitrogens with zero attached hydrogens (tertiary/aromatic N) is 1. The highest BCUT2D eigenvalue weighted by atomic mass is 16.5. The molecule has 0 radical (unpaired) electrons. The van der Waals surface area contributed by atoms with Crippen LogP contribution in [0.3, 0.4) is 0 Å². The van der Waals surface area contributed by atoms with Gasteiger partial charge in [0, 0.05) is 18.7 Å². The van der Waals surface area contributed by atoms with Gasteiger partial charge in [-0.15, -0.1) is 0 Å². The summed E-state index contributed by atoms with van der Waals surface area (Å²) in [5, 5.41) is 0. The molecular weight excluding hydrogens is 212 g/mol. The van der Waals surface area contributed by atoms with Gasteiger partial charge in [-0.3, -0.25) is 4.79 Å². The van der Waals surface area contributed by atoms with Gasteiger partial charge in [0.15, 0.2) is 0 Å². The molecule has 0 aliphatic carbocycles. The summed E-state index contributed by atoms with van der Waals surface area (Å²) in [7, 11) is 1.22. The second kappa shape index (κ2) is 4.44. The van der Waals surface area contributed by atoms with E-state index >= 15 is 0 Å². The third-order valence-corrected chi connectivity index (χ3v) is 2.54. The first kappa shape index (κ1) is 10.8. The van der Waals surface area contributed by atoms with Gasteiger partial charge in [0.05, 0.1) is 13.7 Å². The van der Waals surface area contributed by atoms with Crippen molar-refractivity contribution in [3.8, 4) is 0 Å². The molecule has 0 saturated carbocycles. The normalized spacial score (nSPS) is 19.7. The van der Waals surface area contributed by atoms with E-state index in [4.69, 9.17) is 4.74 Å². The highest BCUT2D eigenvalue weighted by molar-refractivity contribution is 5.88. The van der Waals surface area contributed by atoms with Gasteiger partial charge in [-0.2, -0.15) is 0 Å². The van der Waals surface area contributed by atoms with Gasteiger partial charge < -0.3 is 14.5 Å². The topological polar surface area (TPSA) is 81.3 Å². The number of carbonyl (C=O) groups excluding carboxylic acids is 1. The van der Waals surface area contributed by atoms with Crippen LogP contribution in [0.4, 0.5) is 0 Å². The molecule has 2 heterocycles. The summed E-state index contributed by atoms with van der Waals surface area (Å²) in [6, 6.07) is 0. The van der Waals surface area contributed by atoms with Crippen LogP contribution in [0.1, 0.15) is 28.5 Å². The van der Waals surface area contributed by atoms with Crippen molar-refractivity contribution >= 4 is 5.97 Å². The second-order valence-electron chi connectivity index (χ2n) is 3.56. The van der Waals surface area contributed by atoms with Crippen LogP contribution >= 0.6 is 0 Å². The zero-order valence-corrected chi connectivity index (χ0v) is 8.86. The number of ether oxygens (including phenoxy) is 2. The first-order chi connectivity index (χ1) is 7.72. The van der Waals surface area contributed by atoms with E-state index in [1.54, 1.807) is 0 Å². The number of nitrogens with one attached hydrogen (secondary N) is 1. The molecule has 1 atom stereocenters. The Kier molecular flexibility index (Phi) is 3.00. The molecule has 0 amide bonds. The lowest BCUT2D eigenvalue weighted by atomic mass is 10.1. The summed E-state index contributed by atoms with van der Waals surface area (Å²) in [6.07, 6.45) is 2.08. The number of hydrogen-bond donors (Lipinski definition) is 1. The molecular formula is C10H12N2O4. The minimum atomic E-state index is -0.678. The highest BCUT2D eigenvalue weighted by Gasteiger charge is 2.21. The maximum Gasteiger partial charge on any atom is 0.345 e. The number of carbonyl (C=O) groups is 1. The fourth-order valence-corrected chi connectivity index (χ4v) is 1.62. The number of H-pyrrole nitrogens is 1. The maximum atomic E-state index is 11.6. The quantitative estimate of drug-likeness (QED) is 0.718. The van der Waals surface area contributed by atoms with E-state index in [1.807, 2.05) is 0 Å². The molecule has 1 N–H and O–H groups in total. The van der Waals surface area contributed by atoms with E-state index in [0.717, 1.165) is 6.42 Å². The van der Waals surface area contributed by atoms with Gasteiger partial charge in [0.1, 0.15) is 11.4 Å². The Labute approximate surface area is 91.6 Å². The summed E-state index contributed by atoms with van der Waals surface area (Å²) < 4.78 is 9.66. The number of aromatic nitrogens is 2. The van der Waals surface area contributed by atoms with Crippen molar-refractivity contribution < 1.29 is 14.3 Å². The number of esters is 1. The Hall–Kier alpha value is -1.69. The first-order valence-corrected chi connectivity index (χ1v) is 4.97. The van der Waals surface area contributed by atoms with Gasteiger partial charge in [0.2, 0.25) is 0 Å². The Morgan fingerprint density at radius 1 is 1.69 bits per heavy atom. The molecule has 16 heavy (non-hydrogen) atoms. The number of hydrogen-bond acceptors (Lipinski definition) is 5. The third-order valence-electron chi connectivity index (χ3n) is 2.54. The van der Waals surface area contributed by atoms with Crippen LogP contribution in [0.5, 0.6) is 0 Å². The number of rotatable bonds is 2. The standard InChI is InChI=1S/C10H12N2O4/c1-15-10(14)7-4-11-8(12-9(7)13)6-2-3-16-5-6/h4,6H,2-3,5H2,1H3,(H,11,12,13). The summed E-state index contributed by atoms with van der Waals surface area (Å²) >= 11 is 0. The molecule has 0 spiro atoms. The second-order valence-corrected chi connectivity index (χ2v) is 3.56. The van der Waals surface area contributed by atoms with Gasteiger partial charge in [-0.1, -0.05) is 0 Å². The summed E-state index contributed by atoms with van der Waals surface area (Å²) in [4.78, 5) is 29.4. The lowest BCUT2D eigenvalue weighted by Crippen LogP contribution is -2.22. The zero-order valence-electron chi connectivity index (χ0n) is 8.86. The Bertz CT molecular complexity index is 448. The summed E-state index contributed by atoms with van der Waals surface area (Å²) in [6.45, 7) is 1.23. The van der Waals surface area contributed by atoms with E-state index in [1.165, 1.54) is 13.3 Å². The molecule has 1 saturated heterocycles. The van der Waals surface area contributed by atoms with Gasteiger partial charge in [0.25, 0.3) is 5.56 Å². The average molecular weight is 224 g/mol. The van der Waals surface area contributed by atoms with E-state index in [9.17, 15) is 9.59 Å². The smallest absolute Gasteiger partial charge is 0.345 e. The lowest BCUT2D eigenvalue weighted by Gasteiger charge is -2.06. The van der Waals surface area contributed by atoms with Crippen molar-refractivity contribution in [2.24, 2.45) is 0 Å². The zero-order chi connectivity index (χ0) is 11.5. The van der Waals surface area contributed by atoms with Crippen molar-refractivity contribution in [2.75, 3.05) is 20.3 Å². The van der Waals surface area contributed by atoms with E-state index in [0.29, 0.717) is 19.0 Å². The van der Waals surface area contributed by atoms with E-state index in [-0.39, 0.29) is 11.5 Å². The Balaban J connectivity index is 2.28. The fraction of sp³-hybridized carbons (Fsp3) is 0.500. The van der Waals surface area contributed by atoms with Crippen molar-refractivity contribution in [2.45, 2.75) is 12.3 Å². The minimum Gasteiger partial charge on any atom is -0.465 e. The van der Waals surface area contributed by atoms with Gasteiger partial charge in [-0.25, -0.2) is 9.78 Å². The Morgan fingerprint density at radius 2 is 2.50 bits per heavy atom. The molecule has 1 aliphatic heterocycles. The molecule has 0 aromatic carbocycles. The molecule has 1 aromatic heterocycles. The molecule has 1 aromatic rings. The Morgan fingerprint density at radius 3 is 3.06 bits per heavy atom. The lowest BCUT2D eigenvalue weighted by molar-refractivity contribution is 0.0598. The predicted octanol–water partition coefficient (Wildman–Crippen LogP) is 0.0604. The molecule has 1 fully saturated rings. The number of methoxy groups -OCH3 is 1. The predicted molar refractivity (Wildman–Crippen MR) is 54.4 cm³/mol. The van der Waals surface area contributed by atoms with Crippen LogP contribution in [-0.4, -0.2) is 36.3 Å². The molecule has 6 nitrogen and oxygen atoms in total. The summed E-state index contributed by atoms with van der Waals surface area (Å²) in [5.41, 5.74) is -0.547. The van der Waals surface area contributed by atoms with Crippen LogP contribution in [0.2, 0.25) is 0 Å². The molecule has 2 rings (SSSR count). The molecule has 0 bridgehead atoms. The largest absolute Gasteiger partial charge is 0.465 e. The van der Waals surface area contributed by atoms with E-state index < -0.39 is 11.5 Å². The SMILES string of the molecule is COC(=O)c1cnc(C2CCOC2)[nH]c1=O. The van der Waals surface area contributed by atoms with E-state index in [2.05, 4.69) is 14.7 Å². The molecule has 1 unspecified atom stereocenters. The third kappa shape index (κ3) is 1.96. The van der Waals surface area contributed by atoms with Crippen LogP contribution in [0.15, 0.2) is 11.0 Å². The molecule has 6 heteroatoms. The van der Waals surface area contributed by atoms with Gasteiger partial charge >= 0.3 is 5.97 Å². The summed E-state index contributed by atoms with van der Waals surface area (Å²) in [5.74, 6) is -0.00229. The van der Waals surface area contributed by atoms with Crippen LogP contribution in [0.25, 0.3) is 0 Å². The van der Waals surface area contributed by atoms with Crippen molar-refractivity contribution in [1.29, 1.82) is 0 Å². The average Bonchev–Trinajstić information content (AvgIpc) is 2.81. The van der Waals surface area contributed by atoms with Crippen molar-refractivity contribution in [3.63, 3.8) is 0 Å². The maximum absolute atomic E-state index is 11.6. The fourth-order valence-electron chi connectivity index (χ4n) is 1.62. The molecule has 1 aliphatic rings. The van der Waals surface area contributed by atoms with Gasteiger partial charge in [-0.05, 0) is 6.42 Å². The van der Waals surface area contributed by atoms with Crippen LogP contribution in [-0.2, 0) is 9.47 Å².